The number of hydrogen-bond acceptors (Lipinski definition) is 3. The van der Waals surface area contributed by atoms with Crippen LogP contribution in [-0.2, 0) is 10.0 Å². The highest BCUT2D eigenvalue weighted by molar-refractivity contribution is 9.10. The first-order valence-corrected chi connectivity index (χ1v) is 10.9. The van der Waals surface area contributed by atoms with Crippen LogP contribution >= 0.6 is 15.9 Å². The predicted molar refractivity (Wildman–Crippen MR) is 105 cm³/mol. The van der Waals surface area contributed by atoms with E-state index in [-0.39, 0.29) is 4.90 Å². The fourth-order valence-electron chi connectivity index (χ4n) is 3.30. The minimum atomic E-state index is -3.57. The average molecular weight is 423 g/mol. The molecular formula is C19H23BrN2O2S. The largest absolute Gasteiger partial charge is 0.303 e. The van der Waals surface area contributed by atoms with Crippen LogP contribution in [0.25, 0.3) is 0 Å². The van der Waals surface area contributed by atoms with Crippen molar-refractivity contribution in [1.29, 1.82) is 0 Å². The van der Waals surface area contributed by atoms with Crippen LogP contribution in [0.1, 0.15) is 31.2 Å². The molecule has 0 bridgehead atoms. The molecule has 1 fully saturated rings. The van der Waals surface area contributed by atoms with E-state index in [0.717, 1.165) is 24.1 Å². The lowest BCUT2D eigenvalue weighted by Crippen LogP contribution is -2.20. The van der Waals surface area contributed by atoms with E-state index in [1.807, 2.05) is 24.3 Å². The normalized spacial score (nSPS) is 18.4. The third-order valence-corrected chi connectivity index (χ3v) is 6.43. The Hall–Kier alpha value is -1.37. The molecule has 0 amide bonds. The summed E-state index contributed by atoms with van der Waals surface area (Å²) in [6, 6.07) is 14.5. The Balaban J connectivity index is 1.69. The molecule has 1 N–H and O–H groups in total. The van der Waals surface area contributed by atoms with E-state index >= 15 is 0 Å². The Morgan fingerprint density at radius 2 is 1.96 bits per heavy atom. The fraction of sp³-hybridized carbons (Fsp3) is 0.368. The summed E-state index contributed by atoms with van der Waals surface area (Å²) < 4.78 is 28.3. The third kappa shape index (κ3) is 4.63. The molecule has 0 aromatic heterocycles. The fourth-order valence-corrected chi connectivity index (χ4v) is 4.95. The highest BCUT2D eigenvalue weighted by Gasteiger charge is 2.23. The molecule has 0 spiro atoms. The Bertz CT molecular complexity index is 822. The zero-order chi connectivity index (χ0) is 17.9. The van der Waals surface area contributed by atoms with E-state index in [4.69, 9.17) is 0 Å². The van der Waals surface area contributed by atoms with Crippen LogP contribution in [0.3, 0.4) is 0 Å². The van der Waals surface area contributed by atoms with Crippen molar-refractivity contribution in [3.8, 4) is 0 Å². The van der Waals surface area contributed by atoms with Gasteiger partial charge in [0.15, 0.2) is 0 Å². The minimum absolute atomic E-state index is 0.247. The van der Waals surface area contributed by atoms with E-state index in [1.165, 1.54) is 18.4 Å². The predicted octanol–water partition coefficient (Wildman–Crippen LogP) is 4.45. The third-order valence-electron chi connectivity index (χ3n) is 4.55. The van der Waals surface area contributed by atoms with Crippen molar-refractivity contribution in [2.75, 3.05) is 24.4 Å². The van der Waals surface area contributed by atoms with E-state index in [1.54, 1.807) is 24.3 Å². The van der Waals surface area contributed by atoms with Gasteiger partial charge in [-0.15, -0.1) is 0 Å². The lowest BCUT2D eigenvalue weighted by molar-refractivity contribution is 0.335. The molecule has 2 aromatic rings. The first-order chi connectivity index (χ1) is 12.0. The average Bonchev–Trinajstić information content (AvgIpc) is 3.04. The Kier molecular flexibility index (Phi) is 5.81. The summed E-state index contributed by atoms with van der Waals surface area (Å²) in [6.45, 7) is 5.60. The molecule has 4 nitrogen and oxygen atoms in total. The van der Waals surface area contributed by atoms with Gasteiger partial charge < -0.3 is 4.90 Å². The van der Waals surface area contributed by atoms with Crippen molar-refractivity contribution in [3.05, 3.63) is 58.6 Å². The number of sulfonamides is 1. The van der Waals surface area contributed by atoms with Crippen LogP contribution < -0.4 is 4.72 Å². The number of nitrogens with zero attached hydrogens (tertiary/aromatic N) is 1. The molecule has 0 aliphatic carbocycles. The van der Waals surface area contributed by atoms with Crippen LogP contribution in [0.2, 0.25) is 0 Å². The molecule has 1 aliphatic heterocycles. The Labute approximate surface area is 158 Å². The van der Waals surface area contributed by atoms with Crippen LogP contribution in [0.4, 0.5) is 5.69 Å². The highest BCUT2D eigenvalue weighted by atomic mass is 79.9. The van der Waals surface area contributed by atoms with Gasteiger partial charge in [-0.3, -0.25) is 4.72 Å². The van der Waals surface area contributed by atoms with Gasteiger partial charge in [0.05, 0.1) is 4.90 Å². The summed E-state index contributed by atoms with van der Waals surface area (Å²) in [7, 11) is -3.57. The van der Waals surface area contributed by atoms with Gasteiger partial charge in [0.1, 0.15) is 0 Å². The van der Waals surface area contributed by atoms with Crippen molar-refractivity contribution in [2.24, 2.45) is 0 Å². The molecule has 1 aliphatic rings. The minimum Gasteiger partial charge on any atom is -0.303 e. The van der Waals surface area contributed by atoms with Crippen LogP contribution in [0.15, 0.2) is 57.9 Å². The lowest BCUT2D eigenvalue weighted by atomic mass is 9.98. The number of hydrogen-bond donors (Lipinski definition) is 1. The molecule has 2 aromatic carbocycles. The summed E-state index contributed by atoms with van der Waals surface area (Å²) in [5, 5.41) is 0. The maximum atomic E-state index is 12.5. The molecule has 25 heavy (non-hydrogen) atoms. The number of halogens is 1. The van der Waals surface area contributed by atoms with Gasteiger partial charge >= 0.3 is 0 Å². The van der Waals surface area contributed by atoms with Gasteiger partial charge in [0.2, 0.25) is 0 Å². The number of likely N-dealkylation sites (tertiary alicyclic amines) is 1. The summed E-state index contributed by atoms with van der Waals surface area (Å²) >= 11 is 3.31. The monoisotopic (exact) mass is 422 g/mol. The molecule has 1 saturated heterocycles. The van der Waals surface area contributed by atoms with Gasteiger partial charge in [0, 0.05) is 16.7 Å². The molecule has 6 heteroatoms. The quantitative estimate of drug-likeness (QED) is 0.747. The molecule has 0 saturated carbocycles. The highest BCUT2D eigenvalue weighted by Crippen LogP contribution is 2.28. The lowest BCUT2D eigenvalue weighted by Gasteiger charge is -2.15. The van der Waals surface area contributed by atoms with Crippen LogP contribution in [0, 0.1) is 0 Å². The smallest absolute Gasteiger partial charge is 0.261 e. The molecule has 3 rings (SSSR count). The van der Waals surface area contributed by atoms with Gasteiger partial charge in [-0.2, -0.15) is 0 Å². The van der Waals surface area contributed by atoms with Crippen molar-refractivity contribution in [1.82, 2.24) is 4.90 Å². The zero-order valence-electron chi connectivity index (χ0n) is 14.3. The number of benzene rings is 2. The molecule has 134 valence electrons. The first kappa shape index (κ1) is 18.4. The van der Waals surface area contributed by atoms with Gasteiger partial charge in [-0.05, 0) is 67.7 Å². The van der Waals surface area contributed by atoms with Crippen molar-refractivity contribution in [2.45, 2.75) is 30.6 Å². The zero-order valence-corrected chi connectivity index (χ0v) is 16.7. The number of rotatable bonds is 6. The topological polar surface area (TPSA) is 49.4 Å². The number of anilines is 1. The standard InChI is InChI=1S/C19H23BrN2O2S/c1-2-11-22-12-10-16(14-22)15-6-8-18(9-7-15)21-25(23,24)19-5-3-4-17(20)13-19/h3-9,13,16,21H,2,10-12,14H2,1H3. The molecular weight excluding hydrogens is 400 g/mol. The second-order valence-corrected chi connectivity index (χ2v) is 9.07. The first-order valence-electron chi connectivity index (χ1n) is 8.58. The van der Waals surface area contributed by atoms with E-state index in [2.05, 4.69) is 32.5 Å². The molecule has 1 unspecified atom stereocenters. The maximum absolute atomic E-state index is 12.5. The maximum Gasteiger partial charge on any atom is 0.261 e. The van der Waals surface area contributed by atoms with Gasteiger partial charge in [-0.1, -0.05) is 41.1 Å². The van der Waals surface area contributed by atoms with Crippen molar-refractivity contribution in [3.63, 3.8) is 0 Å². The van der Waals surface area contributed by atoms with Crippen molar-refractivity contribution >= 4 is 31.6 Å². The van der Waals surface area contributed by atoms with E-state index in [0.29, 0.717) is 11.6 Å². The van der Waals surface area contributed by atoms with E-state index in [9.17, 15) is 8.42 Å². The van der Waals surface area contributed by atoms with Crippen molar-refractivity contribution < 1.29 is 8.42 Å². The second kappa shape index (κ2) is 7.89. The second-order valence-electron chi connectivity index (χ2n) is 6.47. The molecule has 1 heterocycles. The SMILES string of the molecule is CCCN1CCC(c2ccc(NS(=O)(=O)c3cccc(Br)c3)cc2)C1. The molecule has 1 atom stereocenters. The summed E-state index contributed by atoms with van der Waals surface area (Å²) in [5.74, 6) is 0.544. The van der Waals surface area contributed by atoms with Crippen LogP contribution in [0.5, 0.6) is 0 Å². The Morgan fingerprint density at radius 1 is 1.20 bits per heavy atom. The van der Waals surface area contributed by atoms with Crippen LogP contribution in [-0.4, -0.2) is 33.0 Å². The summed E-state index contributed by atoms with van der Waals surface area (Å²) in [5.41, 5.74) is 1.87. The van der Waals surface area contributed by atoms with E-state index < -0.39 is 10.0 Å². The number of nitrogens with one attached hydrogen (secondary N) is 1. The molecule has 0 radical (unpaired) electrons. The summed E-state index contributed by atoms with van der Waals surface area (Å²) in [4.78, 5) is 2.74. The Morgan fingerprint density at radius 3 is 2.64 bits per heavy atom. The van der Waals surface area contributed by atoms with Gasteiger partial charge in [-0.25, -0.2) is 8.42 Å². The summed E-state index contributed by atoms with van der Waals surface area (Å²) in [6.07, 6.45) is 2.35. The van der Waals surface area contributed by atoms with Gasteiger partial charge in [0.25, 0.3) is 10.0 Å².